The molecule has 1 aromatic carbocycles. The largest absolute Gasteiger partial charge is 0.493 e. The summed E-state index contributed by atoms with van der Waals surface area (Å²) in [4.78, 5) is 16.6. The summed E-state index contributed by atoms with van der Waals surface area (Å²) >= 11 is 6.04. The number of carbonyl (C=O) groups is 1. The second kappa shape index (κ2) is 5.85. The number of fused-ring (bicyclic) bond motifs is 1. The first-order valence-corrected chi connectivity index (χ1v) is 7.37. The Hall–Kier alpha value is -2.27. The van der Waals surface area contributed by atoms with Crippen LogP contribution in [0.2, 0.25) is 5.02 Å². The second-order valence-electron chi connectivity index (χ2n) is 5.26. The zero-order chi connectivity index (χ0) is 15.7. The Morgan fingerprint density at radius 3 is 3.09 bits per heavy atom. The number of hydrogen-bond donors (Lipinski definition) is 2. The molecule has 0 saturated heterocycles. The molecule has 0 radical (unpaired) electrons. The molecular weight excluding hydrogens is 302 g/mol. The van der Waals surface area contributed by atoms with Gasteiger partial charge in [0.25, 0.3) is 0 Å². The summed E-state index contributed by atoms with van der Waals surface area (Å²) in [5, 5.41) is 3.49. The number of rotatable bonds is 2. The number of nitrogen functional groups attached to an aromatic ring is 1. The zero-order valence-corrected chi connectivity index (χ0v) is 12.9. The number of pyridine rings is 1. The Morgan fingerprint density at radius 2 is 2.27 bits per heavy atom. The Kier molecular flexibility index (Phi) is 3.90. The minimum atomic E-state index is -0.303. The molecule has 0 spiro atoms. The molecule has 0 bridgehead atoms. The molecule has 2 aromatic rings. The summed E-state index contributed by atoms with van der Waals surface area (Å²) < 4.78 is 5.58. The number of hydrogen-bond acceptors (Lipinski definition) is 4. The number of ether oxygens (including phenoxy) is 1. The lowest BCUT2D eigenvalue weighted by molar-refractivity contribution is -0.118. The van der Waals surface area contributed by atoms with Gasteiger partial charge in [0.05, 0.1) is 36.3 Å². The van der Waals surface area contributed by atoms with Gasteiger partial charge >= 0.3 is 0 Å². The third-order valence-corrected chi connectivity index (χ3v) is 4.08. The van der Waals surface area contributed by atoms with Crippen molar-refractivity contribution in [3.63, 3.8) is 0 Å². The van der Waals surface area contributed by atoms with Gasteiger partial charge < -0.3 is 15.8 Å². The lowest BCUT2D eigenvalue weighted by Crippen LogP contribution is -2.27. The van der Waals surface area contributed by atoms with E-state index in [1.54, 1.807) is 30.6 Å². The summed E-state index contributed by atoms with van der Waals surface area (Å²) in [7, 11) is 0. The maximum atomic E-state index is 12.6. The topological polar surface area (TPSA) is 77.2 Å². The summed E-state index contributed by atoms with van der Waals surface area (Å²) in [5.74, 6) is 0.295. The van der Waals surface area contributed by atoms with Crippen LogP contribution in [-0.2, 0) is 4.79 Å². The van der Waals surface area contributed by atoms with Gasteiger partial charge in [-0.3, -0.25) is 9.78 Å². The predicted molar refractivity (Wildman–Crippen MR) is 86.3 cm³/mol. The maximum Gasteiger partial charge on any atom is 0.232 e. The van der Waals surface area contributed by atoms with Crippen molar-refractivity contribution in [1.29, 1.82) is 0 Å². The highest BCUT2D eigenvalue weighted by atomic mass is 35.5. The second-order valence-corrected chi connectivity index (χ2v) is 5.70. The highest BCUT2D eigenvalue weighted by Crippen LogP contribution is 2.36. The zero-order valence-electron chi connectivity index (χ0n) is 12.1. The van der Waals surface area contributed by atoms with E-state index in [1.807, 2.05) is 6.92 Å². The summed E-state index contributed by atoms with van der Waals surface area (Å²) in [6.07, 6.45) is 3.77. The third-order valence-electron chi connectivity index (χ3n) is 3.84. The van der Waals surface area contributed by atoms with E-state index in [2.05, 4.69) is 10.3 Å². The molecule has 114 valence electrons. The van der Waals surface area contributed by atoms with E-state index in [1.165, 1.54) is 0 Å². The minimum absolute atomic E-state index is 0.109. The van der Waals surface area contributed by atoms with Gasteiger partial charge in [-0.1, -0.05) is 11.6 Å². The third kappa shape index (κ3) is 2.72. The normalized spacial score (nSPS) is 16.5. The molecule has 1 atom stereocenters. The summed E-state index contributed by atoms with van der Waals surface area (Å²) in [5.41, 5.74) is 8.61. The number of aromatic nitrogens is 1. The smallest absolute Gasteiger partial charge is 0.232 e. The van der Waals surface area contributed by atoms with Gasteiger partial charge in [0.2, 0.25) is 5.91 Å². The van der Waals surface area contributed by atoms with Crippen molar-refractivity contribution < 1.29 is 9.53 Å². The number of anilines is 2. The highest BCUT2D eigenvalue weighted by Gasteiger charge is 2.28. The van der Waals surface area contributed by atoms with Gasteiger partial charge in [0.1, 0.15) is 5.75 Å². The minimum Gasteiger partial charge on any atom is -0.493 e. The fraction of sp³-hybridized carbons (Fsp3) is 0.250. The van der Waals surface area contributed by atoms with E-state index in [0.29, 0.717) is 35.2 Å². The Balaban J connectivity index is 1.88. The van der Waals surface area contributed by atoms with Crippen molar-refractivity contribution in [1.82, 2.24) is 4.98 Å². The SMILES string of the molecule is Cc1c(N)cncc1NC(=O)C1CCOc2ccc(Cl)cc21. The van der Waals surface area contributed by atoms with Crippen molar-refractivity contribution in [2.75, 3.05) is 17.7 Å². The van der Waals surface area contributed by atoms with Gasteiger partial charge in [-0.05, 0) is 37.1 Å². The van der Waals surface area contributed by atoms with Crippen LogP contribution in [0.5, 0.6) is 5.75 Å². The molecule has 0 saturated carbocycles. The lowest BCUT2D eigenvalue weighted by Gasteiger charge is -2.25. The maximum absolute atomic E-state index is 12.6. The molecule has 22 heavy (non-hydrogen) atoms. The van der Waals surface area contributed by atoms with Crippen LogP contribution in [0, 0.1) is 6.92 Å². The number of halogens is 1. The van der Waals surface area contributed by atoms with E-state index in [4.69, 9.17) is 22.1 Å². The van der Waals surface area contributed by atoms with Crippen molar-refractivity contribution >= 4 is 28.9 Å². The fourth-order valence-corrected chi connectivity index (χ4v) is 2.71. The first-order chi connectivity index (χ1) is 10.6. The van der Waals surface area contributed by atoms with Gasteiger partial charge in [0, 0.05) is 10.6 Å². The van der Waals surface area contributed by atoms with Crippen LogP contribution in [0.3, 0.4) is 0 Å². The molecule has 2 heterocycles. The molecule has 1 aromatic heterocycles. The van der Waals surface area contributed by atoms with Crippen molar-refractivity contribution in [3.8, 4) is 5.75 Å². The summed E-state index contributed by atoms with van der Waals surface area (Å²) in [6.45, 7) is 2.35. The molecule has 1 aliphatic heterocycles. The number of nitrogens with two attached hydrogens (primary N) is 1. The molecule has 1 amide bonds. The van der Waals surface area contributed by atoms with E-state index in [-0.39, 0.29) is 11.8 Å². The molecular formula is C16H16ClN3O2. The van der Waals surface area contributed by atoms with Crippen LogP contribution >= 0.6 is 11.6 Å². The van der Waals surface area contributed by atoms with Gasteiger partial charge in [-0.15, -0.1) is 0 Å². The van der Waals surface area contributed by atoms with E-state index in [0.717, 1.165) is 11.1 Å². The van der Waals surface area contributed by atoms with Crippen molar-refractivity contribution in [2.24, 2.45) is 0 Å². The van der Waals surface area contributed by atoms with Gasteiger partial charge in [-0.25, -0.2) is 0 Å². The van der Waals surface area contributed by atoms with Crippen LogP contribution < -0.4 is 15.8 Å². The molecule has 1 unspecified atom stereocenters. The van der Waals surface area contributed by atoms with Crippen molar-refractivity contribution in [2.45, 2.75) is 19.3 Å². The molecule has 5 nitrogen and oxygen atoms in total. The Morgan fingerprint density at radius 1 is 1.45 bits per heavy atom. The molecule has 3 N–H and O–H groups in total. The van der Waals surface area contributed by atoms with Crippen molar-refractivity contribution in [3.05, 3.63) is 46.7 Å². The number of amides is 1. The molecule has 0 fully saturated rings. The Bertz CT molecular complexity index is 733. The molecule has 3 rings (SSSR count). The van der Waals surface area contributed by atoms with Crippen LogP contribution in [-0.4, -0.2) is 17.5 Å². The highest BCUT2D eigenvalue weighted by molar-refractivity contribution is 6.30. The van der Waals surface area contributed by atoms with E-state index >= 15 is 0 Å². The first-order valence-electron chi connectivity index (χ1n) is 6.99. The van der Waals surface area contributed by atoms with Gasteiger partial charge in [-0.2, -0.15) is 0 Å². The van der Waals surface area contributed by atoms with Gasteiger partial charge in [0.15, 0.2) is 0 Å². The molecule has 0 aliphatic carbocycles. The standard InChI is InChI=1S/C16H16ClN3O2/c1-9-13(18)7-19-8-14(9)20-16(21)11-4-5-22-15-3-2-10(17)6-12(11)15/h2-3,6-8,11H,4-5,18H2,1H3,(H,20,21). The monoisotopic (exact) mass is 317 g/mol. The average Bonchev–Trinajstić information content (AvgIpc) is 2.51. The number of benzene rings is 1. The summed E-state index contributed by atoms with van der Waals surface area (Å²) in [6, 6.07) is 5.34. The molecule has 6 heteroatoms. The van der Waals surface area contributed by atoms with Crippen LogP contribution in [0.1, 0.15) is 23.5 Å². The van der Waals surface area contributed by atoms with Crippen LogP contribution in [0.4, 0.5) is 11.4 Å². The quantitative estimate of drug-likeness (QED) is 0.892. The Labute approximate surface area is 133 Å². The van der Waals surface area contributed by atoms with Crippen LogP contribution in [0.25, 0.3) is 0 Å². The predicted octanol–water partition coefficient (Wildman–Crippen LogP) is 3.13. The van der Waals surface area contributed by atoms with E-state index in [9.17, 15) is 4.79 Å². The molecule has 1 aliphatic rings. The van der Waals surface area contributed by atoms with Crippen LogP contribution in [0.15, 0.2) is 30.6 Å². The fourth-order valence-electron chi connectivity index (χ4n) is 2.52. The van der Waals surface area contributed by atoms with E-state index < -0.39 is 0 Å². The first kappa shape index (κ1) is 14.7. The number of carbonyl (C=O) groups excluding carboxylic acids is 1. The number of nitrogens with zero attached hydrogens (tertiary/aromatic N) is 1. The number of nitrogens with one attached hydrogen (secondary N) is 1. The average molecular weight is 318 g/mol. The lowest BCUT2D eigenvalue weighted by atomic mass is 9.92.